The Morgan fingerprint density at radius 3 is 2.37 bits per heavy atom. The van der Waals surface area contributed by atoms with Gasteiger partial charge in [0, 0.05) is 6.04 Å². The Balaban J connectivity index is 2.24. The number of sulfonamides is 1. The van der Waals surface area contributed by atoms with E-state index in [1.165, 1.54) is 18.2 Å². The van der Waals surface area contributed by atoms with Crippen molar-refractivity contribution < 1.29 is 18.0 Å². The molecule has 0 fully saturated rings. The largest absolute Gasteiger partial charge is 0.350 e. The second-order valence-corrected chi connectivity index (χ2v) is 9.47. The van der Waals surface area contributed by atoms with Gasteiger partial charge in [0.1, 0.15) is 6.54 Å². The number of anilines is 2. The molecular formula is C20H23Cl2N3O4S. The first-order valence-electron chi connectivity index (χ1n) is 9.15. The minimum Gasteiger partial charge on any atom is -0.350 e. The second-order valence-electron chi connectivity index (χ2n) is 6.74. The molecule has 2 aromatic rings. The van der Waals surface area contributed by atoms with Crippen molar-refractivity contribution in [2.24, 2.45) is 0 Å². The van der Waals surface area contributed by atoms with Crippen LogP contribution >= 0.6 is 23.2 Å². The number of carbonyl (C=O) groups excluding carboxylic acids is 2. The predicted octanol–water partition coefficient (Wildman–Crippen LogP) is 3.93. The smallest absolute Gasteiger partial charge is 0.253 e. The van der Waals surface area contributed by atoms with Crippen LogP contribution in [0.4, 0.5) is 11.4 Å². The van der Waals surface area contributed by atoms with Crippen LogP contribution in [0.5, 0.6) is 0 Å². The van der Waals surface area contributed by atoms with Crippen LogP contribution in [-0.4, -0.2) is 39.1 Å². The summed E-state index contributed by atoms with van der Waals surface area (Å²) in [5.74, 6) is -0.944. The van der Waals surface area contributed by atoms with Crippen molar-refractivity contribution in [3.63, 3.8) is 0 Å². The van der Waals surface area contributed by atoms with Gasteiger partial charge in [0.25, 0.3) is 5.91 Å². The molecule has 0 saturated heterocycles. The number of halogens is 2. The number of rotatable bonds is 8. The fourth-order valence-corrected chi connectivity index (χ4v) is 3.69. The molecule has 0 radical (unpaired) electrons. The molecule has 162 valence electrons. The SMILES string of the molecule is CC[C@H](C)NC(=O)c1ccccc1NC(=O)CN(c1ccc(Cl)c(Cl)c1)S(C)(=O)=O. The van der Waals surface area contributed by atoms with E-state index in [1.54, 1.807) is 24.3 Å². The van der Waals surface area contributed by atoms with Gasteiger partial charge in [-0.05, 0) is 43.7 Å². The summed E-state index contributed by atoms with van der Waals surface area (Å²) in [4.78, 5) is 25.1. The number of hydrogen-bond donors (Lipinski definition) is 2. The van der Waals surface area contributed by atoms with Crippen molar-refractivity contribution in [1.29, 1.82) is 0 Å². The fraction of sp³-hybridized carbons (Fsp3) is 0.300. The lowest BCUT2D eigenvalue weighted by Crippen LogP contribution is -2.38. The van der Waals surface area contributed by atoms with Crippen LogP contribution in [0.2, 0.25) is 10.0 Å². The Bertz CT molecular complexity index is 1040. The molecule has 2 aromatic carbocycles. The highest BCUT2D eigenvalue weighted by Gasteiger charge is 2.23. The molecule has 0 heterocycles. The number of nitrogens with zero attached hydrogens (tertiary/aromatic N) is 1. The number of para-hydroxylation sites is 1. The Morgan fingerprint density at radius 2 is 1.77 bits per heavy atom. The Labute approximate surface area is 186 Å². The van der Waals surface area contributed by atoms with Gasteiger partial charge in [0.2, 0.25) is 15.9 Å². The van der Waals surface area contributed by atoms with Gasteiger partial charge in [-0.2, -0.15) is 0 Å². The zero-order valence-corrected chi connectivity index (χ0v) is 19.1. The molecule has 0 aromatic heterocycles. The highest BCUT2D eigenvalue weighted by Crippen LogP contribution is 2.28. The van der Waals surface area contributed by atoms with Crippen molar-refractivity contribution in [1.82, 2.24) is 5.32 Å². The summed E-state index contributed by atoms with van der Waals surface area (Å²) in [5.41, 5.74) is 0.766. The van der Waals surface area contributed by atoms with Crippen LogP contribution in [0.25, 0.3) is 0 Å². The van der Waals surface area contributed by atoms with E-state index in [2.05, 4.69) is 10.6 Å². The highest BCUT2D eigenvalue weighted by molar-refractivity contribution is 7.92. The number of carbonyl (C=O) groups is 2. The molecule has 0 saturated carbocycles. The Kier molecular flexibility index (Phi) is 8.11. The number of benzene rings is 2. The zero-order valence-electron chi connectivity index (χ0n) is 16.8. The summed E-state index contributed by atoms with van der Waals surface area (Å²) < 4.78 is 25.4. The van der Waals surface area contributed by atoms with E-state index in [0.717, 1.165) is 17.0 Å². The Hall–Kier alpha value is -2.29. The fourth-order valence-electron chi connectivity index (χ4n) is 2.55. The summed E-state index contributed by atoms with van der Waals surface area (Å²) >= 11 is 11.9. The molecular weight excluding hydrogens is 449 g/mol. The highest BCUT2D eigenvalue weighted by atomic mass is 35.5. The van der Waals surface area contributed by atoms with Crippen LogP contribution in [0, 0.1) is 0 Å². The van der Waals surface area contributed by atoms with Gasteiger partial charge >= 0.3 is 0 Å². The van der Waals surface area contributed by atoms with Gasteiger partial charge < -0.3 is 10.6 Å². The molecule has 0 bridgehead atoms. The van der Waals surface area contributed by atoms with Gasteiger partial charge in [-0.1, -0.05) is 42.3 Å². The van der Waals surface area contributed by atoms with Gasteiger partial charge in [-0.3, -0.25) is 13.9 Å². The van der Waals surface area contributed by atoms with E-state index in [1.807, 2.05) is 13.8 Å². The molecule has 7 nitrogen and oxygen atoms in total. The first-order valence-corrected chi connectivity index (χ1v) is 11.8. The predicted molar refractivity (Wildman–Crippen MR) is 121 cm³/mol. The van der Waals surface area contributed by atoms with Gasteiger partial charge in [-0.15, -0.1) is 0 Å². The van der Waals surface area contributed by atoms with Gasteiger partial charge in [-0.25, -0.2) is 8.42 Å². The van der Waals surface area contributed by atoms with Crippen molar-refractivity contribution in [3.8, 4) is 0 Å². The summed E-state index contributed by atoms with van der Waals surface area (Å²) in [6.45, 7) is 3.32. The number of nitrogens with one attached hydrogen (secondary N) is 2. The monoisotopic (exact) mass is 471 g/mol. The van der Waals surface area contributed by atoms with Gasteiger partial charge in [0.15, 0.2) is 0 Å². The zero-order chi connectivity index (χ0) is 22.5. The number of amides is 2. The minimum atomic E-state index is -3.79. The first kappa shape index (κ1) is 24.0. The number of hydrogen-bond acceptors (Lipinski definition) is 4. The summed E-state index contributed by atoms with van der Waals surface area (Å²) in [6, 6.07) is 10.7. The average molecular weight is 472 g/mol. The molecule has 0 unspecified atom stereocenters. The molecule has 0 spiro atoms. The van der Waals surface area contributed by atoms with Crippen molar-refractivity contribution in [2.45, 2.75) is 26.3 Å². The third-order valence-corrected chi connectivity index (χ3v) is 6.19. The topological polar surface area (TPSA) is 95.6 Å². The Morgan fingerprint density at radius 1 is 1.10 bits per heavy atom. The molecule has 2 amide bonds. The van der Waals surface area contributed by atoms with E-state index in [-0.39, 0.29) is 38.9 Å². The van der Waals surface area contributed by atoms with Crippen LogP contribution in [0.1, 0.15) is 30.6 Å². The third-order valence-electron chi connectivity index (χ3n) is 4.31. The molecule has 1 atom stereocenters. The molecule has 10 heteroatoms. The van der Waals surface area contributed by atoms with Crippen LogP contribution in [0.3, 0.4) is 0 Å². The van der Waals surface area contributed by atoms with Crippen LogP contribution < -0.4 is 14.9 Å². The summed E-state index contributed by atoms with van der Waals surface area (Å²) in [6.07, 6.45) is 1.74. The lowest BCUT2D eigenvalue weighted by atomic mass is 10.1. The van der Waals surface area contributed by atoms with Crippen LogP contribution in [0.15, 0.2) is 42.5 Å². The van der Waals surface area contributed by atoms with Gasteiger partial charge in [0.05, 0.1) is 33.2 Å². The van der Waals surface area contributed by atoms with Crippen LogP contribution in [-0.2, 0) is 14.8 Å². The first-order chi connectivity index (χ1) is 14.0. The standard InChI is InChI=1S/C20H23Cl2N3O4S/c1-4-13(2)23-20(27)15-7-5-6-8-18(15)24-19(26)12-25(30(3,28)29)14-9-10-16(21)17(22)11-14/h5-11,13H,4,12H2,1-3H3,(H,23,27)(H,24,26)/t13-/m0/s1. The van der Waals surface area contributed by atoms with Crippen molar-refractivity contribution >= 4 is 56.4 Å². The average Bonchev–Trinajstić information content (AvgIpc) is 2.67. The lowest BCUT2D eigenvalue weighted by Gasteiger charge is -2.22. The molecule has 0 aliphatic heterocycles. The third kappa shape index (κ3) is 6.35. The molecule has 2 rings (SSSR count). The van der Waals surface area contributed by atoms with E-state index in [0.29, 0.717) is 0 Å². The van der Waals surface area contributed by atoms with E-state index in [4.69, 9.17) is 23.2 Å². The minimum absolute atomic E-state index is 0.0309. The maximum absolute atomic E-state index is 12.6. The van der Waals surface area contributed by atoms with Crippen molar-refractivity contribution in [3.05, 3.63) is 58.1 Å². The van der Waals surface area contributed by atoms with E-state index in [9.17, 15) is 18.0 Å². The van der Waals surface area contributed by atoms with E-state index >= 15 is 0 Å². The molecule has 0 aliphatic rings. The normalized spacial score (nSPS) is 12.2. The van der Waals surface area contributed by atoms with Crippen molar-refractivity contribution in [2.75, 3.05) is 22.4 Å². The summed E-state index contributed by atoms with van der Waals surface area (Å²) in [7, 11) is -3.79. The maximum atomic E-state index is 12.6. The summed E-state index contributed by atoms with van der Waals surface area (Å²) in [5, 5.41) is 5.88. The van der Waals surface area contributed by atoms with E-state index < -0.39 is 22.5 Å². The molecule has 2 N–H and O–H groups in total. The quantitative estimate of drug-likeness (QED) is 0.609. The second kappa shape index (κ2) is 10.1. The maximum Gasteiger partial charge on any atom is 0.253 e. The molecule has 30 heavy (non-hydrogen) atoms. The molecule has 0 aliphatic carbocycles. The lowest BCUT2D eigenvalue weighted by molar-refractivity contribution is -0.114.